The highest BCUT2D eigenvalue weighted by molar-refractivity contribution is 5.82. The van der Waals surface area contributed by atoms with Crippen molar-refractivity contribution < 1.29 is 32.3 Å². The van der Waals surface area contributed by atoms with E-state index in [1.807, 2.05) is 25.1 Å². The minimum atomic E-state index is -4.77. The Hall–Kier alpha value is -3.99. The number of carboxylic acid groups (broad SMARTS) is 1. The second-order valence-electron chi connectivity index (χ2n) is 13.5. The van der Waals surface area contributed by atoms with Gasteiger partial charge in [-0.1, -0.05) is 37.5 Å². The number of nitrogens with zero attached hydrogens (tertiary/aromatic N) is 2. The van der Waals surface area contributed by atoms with Gasteiger partial charge in [0.1, 0.15) is 11.9 Å². The number of halogens is 4. The van der Waals surface area contributed by atoms with Gasteiger partial charge >= 0.3 is 12.1 Å². The van der Waals surface area contributed by atoms with Crippen molar-refractivity contribution in [1.29, 1.82) is 0 Å². The third-order valence-electron chi connectivity index (χ3n) is 9.47. The van der Waals surface area contributed by atoms with Crippen LogP contribution in [0.2, 0.25) is 0 Å². The summed E-state index contributed by atoms with van der Waals surface area (Å²) < 4.78 is 59.4. The molecule has 0 saturated heterocycles. The quantitative estimate of drug-likeness (QED) is 0.257. The van der Waals surface area contributed by atoms with Gasteiger partial charge in [0, 0.05) is 24.4 Å². The number of hydrogen-bond acceptors (Lipinski definition) is 4. The van der Waals surface area contributed by atoms with Crippen LogP contribution in [0, 0.1) is 12.7 Å². The van der Waals surface area contributed by atoms with Crippen LogP contribution in [0.3, 0.4) is 0 Å². The average molecular weight is 670 g/mol. The van der Waals surface area contributed by atoms with Crippen molar-refractivity contribution in [3.8, 4) is 11.1 Å². The molecule has 1 fully saturated rings. The topological polar surface area (TPSA) is 91.6 Å². The Morgan fingerprint density at radius 1 is 1.02 bits per heavy atom. The molecule has 11 heteroatoms. The Morgan fingerprint density at radius 3 is 2.40 bits per heavy atom. The molecule has 0 radical (unpaired) electrons. The molecule has 258 valence electrons. The molecule has 2 aliphatic rings. The van der Waals surface area contributed by atoms with Crippen molar-refractivity contribution in [3.63, 3.8) is 0 Å². The molecule has 1 aliphatic carbocycles. The first kappa shape index (κ1) is 35.3. The SMILES string of the molecule is Cc1cccc2c1-c1cc(C3CC3)c(F)c(c1)[C@H](CC(=O)O)NC(=O)[C@@H](n1cc(CCN(C)C)c(C(F)(F)F)cc1=O)CCCCCC2. The van der Waals surface area contributed by atoms with Crippen LogP contribution in [-0.2, 0) is 28.6 Å². The summed E-state index contributed by atoms with van der Waals surface area (Å²) in [6, 6.07) is 7.52. The molecular formula is C37H43F4N3O4. The van der Waals surface area contributed by atoms with E-state index in [1.165, 1.54) is 0 Å². The lowest BCUT2D eigenvalue weighted by Crippen LogP contribution is -2.40. The highest BCUT2D eigenvalue weighted by atomic mass is 19.4. The zero-order valence-corrected chi connectivity index (χ0v) is 27.6. The number of amides is 1. The number of fused-ring (bicyclic) bond motifs is 4. The Labute approximate surface area is 278 Å². The number of carbonyl (C=O) groups excluding carboxylic acids is 1. The normalized spacial score (nSPS) is 19.3. The van der Waals surface area contributed by atoms with Crippen LogP contribution in [0.15, 0.2) is 47.4 Å². The van der Waals surface area contributed by atoms with Gasteiger partial charge in [0.15, 0.2) is 0 Å². The van der Waals surface area contributed by atoms with E-state index in [-0.39, 0.29) is 36.4 Å². The molecule has 1 saturated carbocycles. The molecule has 0 unspecified atom stereocenters. The summed E-state index contributed by atoms with van der Waals surface area (Å²) in [6.45, 7) is 2.27. The number of likely N-dealkylation sites (N-methyl/N-ethyl adjacent to an activating group) is 1. The fourth-order valence-corrected chi connectivity index (χ4v) is 6.84. The lowest BCUT2D eigenvalue weighted by atomic mass is 9.87. The van der Waals surface area contributed by atoms with E-state index in [4.69, 9.17) is 0 Å². The summed E-state index contributed by atoms with van der Waals surface area (Å²) >= 11 is 0. The number of carbonyl (C=O) groups is 2. The van der Waals surface area contributed by atoms with Gasteiger partial charge in [0.05, 0.1) is 18.0 Å². The van der Waals surface area contributed by atoms with E-state index in [1.54, 1.807) is 25.1 Å². The summed E-state index contributed by atoms with van der Waals surface area (Å²) in [5, 5.41) is 12.6. The van der Waals surface area contributed by atoms with Crippen molar-refractivity contribution in [2.45, 2.75) is 95.3 Å². The Morgan fingerprint density at radius 2 is 1.73 bits per heavy atom. The Kier molecular flexibility index (Phi) is 10.8. The molecule has 2 heterocycles. The predicted octanol–water partition coefficient (Wildman–Crippen LogP) is 7.34. The number of nitrogens with one attached hydrogen (secondary N) is 1. The molecule has 1 aliphatic heterocycles. The van der Waals surface area contributed by atoms with E-state index in [2.05, 4.69) is 11.4 Å². The second kappa shape index (κ2) is 14.6. The number of pyridine rings is 1. The number of aryl methyl sites for hydroxylation is 2. The summed E-state index contributed by atoms with van der Waals surface area (Å²) in [4.78, 5) is 41.3. The summed E-state index contributed by atoms with van der Waals surface area (Å²) in [6.07, 6.45) is 1.06. The van der Waals surface area contributed by atoms with E-state index in [0.29, 0.717) is 24.5 Å². The number of hydrogen-bond donors (Lipinski definition) is 2. The monoisotopic (exact) mass is 669 g/mol. The number of rotatable bonds is 7. The Bertz CT molecular complexity index is 1730. The first-order chi connectivity index (χ1) is 22.7. The zero-order chi connectivity index (χ0) is 34.7. The van der Waals surface area contributed by atoms with Gasteiger partial charge in [0.2, 0.25) is 5.91 Å². The van der Waals surface area contributed by atoms with Crippen molar-refractivity contribution in [1.82, 2.24) is 14.8 Å². The zero-order valence-electron chi connectivity index (χ0n) is 27.6. The van der Waals surface area contributed by atoms with E-state index in [9.17, 15) is 32.7 Å². The molecule has 3 aromatic rings. The van der Waals surface area contributed by atoms with Crippen LogP contribution in [0.25, 0.3) is 11.1 Å². The Balaban J connectivity index is 1.64. The maximum absolute atomic E-state index is 16.4. The number of carboxylic acids is 1. The van der Waals surface area contributed by atoms with Gasteiger partial charge in [0.25, 0.3) is 5.56 Å². The fourth-order valence-electron chi connectivity index (χ4n) is 6.84. The van der Waals surface area contributed by atoms with Gasteiger partial charge in [-0.15, -0.1) is 0 Å². The molecule has 2 atom stereocenters. The van der Waals surface area contributed by atoms with Crippen LogP contribution >= 0.6 is 0 Å². The van der Waals surface area contributed by atoms with Crippen LogP contribution in [-0.4, -0.2) is 47.1 Å². The van der Waals surface area contributed by atoms with Crippen molar-refractivity contribution in [3.05, 3.63) is 92.1 Å². The molecule has 1 aromatic heterocycles. The molecule has 7 nitrogen and oxygen atoms in total. The van der Waals surface area contributed by atoms with Gasteiger partial charge in [-0.05, 0) is 111 Å². The minimum Gasteiger partial charge on any atom is -0.481 e. The minimum absolute atomic E-state index is 0.0139. The van der Waals surface area contributed by atoms with Gasteiger partial charge in [-0.2, -0.15) is 13.2 Å². The fraction of sp³-hybridized carbons (Fsp3) is 0.486. The van der Waals surface area contributed by atoms with Crippen LogP contribution in [0.4, 0.5) is 17.6 Å². The van der Waals surface area contributed by atoms with Gasteiger partial charge in [-0.25, -0.2) is 4.39 Å². The van der Waals surface area contributed by atoms with Crippen LogP contribution in [0.5, 0.6) is 0 Å². The third kappa shape index (κ3) is 8.17. The molecule has 2 N–H and O–H groups in total. The number of aromatic nitrogens is 1. The lowest BCUT2D eigenvalue weighted by molar-refractivity contribution is -0.139. The number of alkyl halides is 3. The number of aliphatic carboxylic acids is 1. The average Bonchev–Trinajstić information content (AvgIpc) is 3.85. The van der Waals surface area contributed by atoms with Crippen molar-refractivity contribution >= 4 is 11.9 Å². The smallest absolute Gasteiger partial charge is 0.416 e. The number of benzene rings is 2. The molecule has 2 aromatic carbocycles. The third-order valence-corrected chi connectivity index (χ3v) is 9.47. The predicted molar refractivity (Wildman–Crippen MR) is 175 cm³/mol. The molecule has 48 heavy (non-hydrogen) atoms. The summed E-state index contributed by atoms with van der Waals surface area (Å²) in [5.74, 6) is -2.59. The second-order valence-corrected chi connectivity index (χ2v) is 13.5. The first-order valence-corrected chi connectivity index (χ1v) is 16.7. The first-order valence-electron chi connectivity index (χ1n) is 16.7. The van der Waals surface area contributed by atoms with Gasteiger partial charge in [-0.3, -0.25) is 14.4 Å². The highest BCUT2D eigenvalue weighted by Gasteiger charge is 2.36. The van der Waals surface area contributed by atoms with Crippen molar-refractivity contribution in [2.24, 2.45) is 0 Å². The largest absolute Gasteiger partial charge is 0.481 e. The lowest BCUT2D eigenvalue weighted by Gasteiger charge is -2.26. The molecular weight excluding hydrogens is 626 g/mol. The maximum Gasteiger partial charge on any atom is 0.416 e. The molecule has 0 spiro atoms. The van der Waals surface area contributed by atoms with E-state index < -0.39 is 53.5 Å². The highest BCUT2D eigenvalue weighted by Crippen LogP contribution is 2.45. The maximum atomic E-state index is 16.4. The van der Waals surface area contributed by atoms with Gasteiger partial charge < -0.3 is 19.9 Å². The van der Waals surface area contributed by atoms with Crippen molar-refractivity contribution in [2.75, 3.05) is 20.6 Å². The van der Waals surface area contributed by atoms with E-state index >= 15 is 4.39 Å². The summed E-state index contributed by atoms with van der Waals surface area (Å²) in [7, 11) is 3.45. The van der Waals surface area contributed by atoms with Crippen LogP contribution < -0.4 is 10.9 Å². The van der Waals surface area contributed by atoms with E-state index in [0.717, 1.165) is 65.1 Å². The summed E-state index contributed by atoms with van der Waals surface area (Å²) in [5.41, 5.74) is 2.18. The van der Waals surface area contributed by atoms with Crippen LogP contribution in [0.1, 0.15) is 103 Å². The molecule has 5 rings (SSSR count). The molecule has 2 bridgehead atoms. The molecule has 1 amide bonds. The standard InChI is InChI=1S/C37H43F4N3O4/c1-22-9-8-11-24-10-6-4-5-7-12-31(44-21-25(15-16-43(2)3)29(19-32(44)45)37(39,40)41)36(48)42-30(20-33(46)47)28-18-26(34(22)24)17-27(35(28)38)23-13-14-23/h8-9,11,17-19,21,23,30-31H,4-7,10,12-16,20H2,1-3H3,(H,42,48)(H,46,47)/t30-,31-/m0/s1.